The predicted molar refractivity (Wildman–Crippen MR) is 301 cm³/mol. The van der Waals surface area contributed by atoms with Crippen molar-refractivity contribution in [2.75, 3.05) is 13.2 Å². The van der Waals surface area contributed by atoms with E-state index < -0.39 is 12.1 Å². The normalized spacial score (nSPS) is 12.7. The van der Waals surface area contributed by atoms with Gasteiger partial charge in [-0.3, -0.25) is 9.59 Å². The number of carbonyl (C=O) groups excluding carboxylic acids is 2. The van der Waals surface area contributed by atoms with Crippen LogP contribution in [0.1, 0.15) is 341 Å². The molecule has 2 unspecified atom stereocenters. The van der Waals surface area contributed by atoms with Crippen molar-refractivity contribution < 1.29 is 24.5 Å². The lowest BCUT2D eigenvalue weighted by Gasteiger charge is -2.22. The zero-order valence-corrected chi connectivity index (χ0v) is 46.6. The van der Waals surface area contributed by atoms with Crippen LogP contribution in [0.3, 0.4) is 0 Å². The molecule has 6 heteroatoms. The zero-order chi connectivity index (χ0) is 50.0. The monoisotopic (exact) mass is 972 g/mol. The van der Waals surface area contributed by atoms with Gasteiger partial charge in [-0.15, -0.1) is 0 Å². The lowest BCUT2D eigenvalue weighted by atomic mass is 10.0. The van der Waals surface area contributed by atoms with Crippen LogP contribution in [0, 0.1) is 0 Å². The van der Waals surface area contributed by atoms with Gasteiger partial charge in [0, 0.05) is 12.8 Å². The third kappa shape index (κ3) is 55.5. The van der Waals surface area contributed by atoms with Gasteiger partial charge in [0.05, 0.1) is 25.4 Å². The van der Waals surface area contributed by atoms with Crippen molar-refractivity contribution in [1.82, 2.24) is 5.32 Å². The molecule has 0 aromatic carbocycles. The Balaban J connectivity index is 3.45. The van der Waals surface area contributed by atoms with E-state index in [2.05, 4.69) is 43.5 Å². The van der Waals surface area contributed by atoms with Crippen molar-refractivity contribution in [3.05, 3.63) is 24.3 Å². The predicted octanol–water partition coefficient (Wildman–Crippen LogP) is 19.4. The van der Waals surface area contributed by atoms with Gasteiger partial charge in [-0.1, -0.05) is 295 Å². The number of rotatable bonds is 58. The third-order valence-corrected chi connectivity index (χ3v) is 14.5. The molecule has 0 saturated carbocycles. The van der Waals surface area contributed by atoms with Gasteiger partial charge in [-0.25, -0.2) is 0 Å². The summed E-state index contributed by atoms with van der Waals surface area (Å²) >= 11 is 0. The van der Waals surface area contributed by atoms with E-state index >= 15 is 0 Å². The number of ether oxygens (including phenoxy) is 1. The highest BCUT2D eigenvalue weighted by molar-refractivity contribution is 5.76. The molecule has 0 radical (unpaired) electrons. The van der Waals surface area contributed by atoms with Crippen molar-refractivity contribution in [1.29, 1.82) is 0 Å². The molecule has 0 aromatic heterocycles. The Morgan fingerprint density at radius 2 is 0.725 bits per heavy atom. The summed E-state index contributed by atoms with van der Waals surface area (Å²) in [6, 6.07) is -0.557. The summed E-state index contributed by atoms with van der Waals surface area (Å²) in [4.78, 5) is 24.6. The van der Waals surface area contributed by atoms with Crippen LogP contribution in [0.2, 0.25) is 0 Å². The number of carbonyl (C=O) groups is 2. The lowest BCUT2D eigenvalue weighted by Crippen LogP contribution is -2.45. The zero-order valence-electron chi connectivity index (χ0n) is 46.6. The third-order valence-electron chi connectivity index (χ3n) is 14.5. The molecule has 6 nitrogen and oxygen atoms in total. The fourth-order valence-electron chi connectivity index (χ4n) is 9.73. The number of esters is 1. The molecular weight excluding hydrogens is 851 g/mol. The smallest absolute Gasteiger partial charge is 0.305 e. The summed E-state index contributed by atoms with van der Waals surface area (Å²) in [5.41, 5.74) is 0. The van der Waals surface area contributed by atoms with Gasteiger partial charge in [0.1, 0.15) is 0 Å². The standard InChI is InChI=1S/C63H121NO5/c1-3-5-7-9-11-13-15-17-19-21-23-24-25-26-27-28-30-32-35-39-43-47-51-55-61(66)60(59-65)64-62(67)56-52-48-44-40-36-34-38-42-46-50-54-58-69-63(68)57-53-49-45-41-37-33-31-29-22-20-18-16-14-12-10-8-6-4-2/h14,16,20,22,60-61,65-66H,3-13,15,17-19,21,23-59H2,1-2H3,(H,64,67)/b16-14-,22-20-. The van der Waals surface area contributed by atoms with Crippen LogP contribution in [0.4, 0.5) is 0 Å². The van der Waals surface area contributed by atoms with Crippen LogP contribution in [0.25, 0.3) is 0 Å². The summed E-state index contributed by atoms with van der Waals surface area (Å²) in [5, 5.41) is 23.4. The first-order valence-electron chi connectivity index (χ1n) is 31.1. The van der Waals surface area contributed by atoms with Crippen LogP contribution >= 0.6 is 0 Å². The first-order chi connectivity index (χ1) is 34.0. The Kier molecular flexibility index (Phi) is 57.5. The minimum Gasteiger partial charge on any atom is -0.466 e. The van der Waals surface area contributed by atoms with E-state index in [-0.39, 0.29) is 18.5 Å². The maximum absolute atomic E-state index is 12.5. The molecule has 408 valence electrons. The van der Waals surface area contributed by atoms with E-state index in [9.17, 15) is 19.8 Å². The second-order valence-corrected chi connectivity index (χ2v) is 21.4. The number of aliphatic hydroxyl groups is 2. The summed E-state index contributed by atoms with van der Waals surface area (Å²) < 4.78 is 5.48. The first kappa shape index (κ1) is 67.3. The number of nitrogens with one attached hydrogen (secondary N) is 1. The molecule has 0 aliphatic rings. The molecule has 69 heavy (non-hydrogen) atoms. The second-order valence-electron chi connectivity index (χ2n) is 21.4. The van der Waals surface area contributed by atoms with E-state index in [0.29, 0.717) is 25.9 Å². The highest BCUT2D eigenvalue weighted by Crippen LogP contribution is 2.18. The first-order valence-corrected chi connectivity index (χ1v) is 31.1. The van der Waals surface area contributed by atoms with Gasteiger partial charge >= 0.3 is 5.97 Å². The molecule has 0 fully saturated rings. The van der Waals surface area contributed by atoms with Crippen LogP contribution < -0.4 is 5.32 Å². The van der Waals surface area contributed by atoms with Crippen molar-refractivity contribution in [3.63, 3.8) is 0 Å². The number of hydrogen-bond acceptors (Lipinski definition) is 5. The van der Waals surface area contributed by atoms with Crippen molar-refractivity contribution in [2.24, 2.45) is 0 Å². The highest BCUT2D eigenvalue weighted by atomic mass is 16.5. The fraction of sp³-hybridized carbons (Fsp3) is 0.905. The van der Waals surface area contributed by atoms with Gasteiger partial charge in [-0.05, 0) is 57.8 Å². The van der Waals surface area contributed by atoms with Gasteiger partial charge in [0.2, 0.25) is 5.91 Å². The minimum atomic E-state index is -0.678. The number of amides is 1. The molecule has 0 aliphatic heterocycles. The van der Waals surface area contributed by atoms with E-state index in [4.69, 9.17) is 4.74 Å². The molecule has 1 amide bonds. The molecule has 0 rings (SSSR count). The van der Waals surface area contributed by atoms with Crippen molar-refractivity contribution in [2.45, 2.75) is 353 Å². The molecule has 0 spiro atoms. The fourth-order valence-corrected chi connectivity index (χ4v) is 9.73. The molecule has 3 N–H and O–H groups in total. The maximum Gasteiger partial charge on any atom is 0.305 e. The molecular formula is C63H121NO5. The quantitative estimate of drug-likeness (QED) is 0.0321. The van der Waals surface area contributed by atoms with E-state index in [1.807, 2.05) is 0 Å². The number of unbranched alkanes of at least 4 members (excludes halogenated alkanes) is 43. The number of hydrogen-bond donors (Lipinski definition) is 3. The summed E-state index contributed by atoms with van der Waals surface area (Å²) in [6.45, 7) is 4.92. The summed E-state index contributed by atoms with van der Waals surface area (Å²) in [7, 11) is 0. The molecule has 0 heterocycles. The summed E-state index contributed by atoms with van der Waals surface area (Å²) in [5.74, 6) is -0.0705. The Morgan fingerprint density at radius 3 is 1.12 bits per heavy atom. The van der Waals surface area contributed by atoms with Crippen LogP contribution in [0.5, 0.6) is 0 Å². The molecule has 0 aliphatic carbocycles. The number of allylic oxidation sites excluding steroid dienone is 4. The molecule has 0 saturated heterocycles. The second kappa shape index (κ2) is 58.9. The van der Waals surface area contributed by atoms with Crippen molar-refractivity contribution >= 4 is 11.9 Å². The largest absolute Gasteiger partial charge is 0.466 e. The van der Waals surface area contributed by atoms with Gasteiger partial charge < -0.3 is 20.3 Å². The van der Waals surface area contributed by atoms with Crippen LogP contribution in [-0.4, -0.2) is 47.4 Å². The van der Waals surface area contributed by atoms with Gasteiger partial charge in [0.15, 0.2) is 0 Å². The molecule has 2 atom stereocenters. The molecule has 0 aromatic rings. The van der Waals surface area contributed by atoms with Gasteiger partial charge in [-0.2, -0.15) is 0 Å². The summed E-state index contributed by atoms with van der Waals surface area (Å²) in [6.07, 6.45) is 71.7. The topological polar surface area (TPSA) is 95.9 Å². The van der Waals surface area contributed by atoms with Crippen molar-refractivity contribution in [3.8, 4) is 0 Å². The van der Waals surface area contributed by atoms with Crippen LogP contribution in [0.15, 0.2) is 24.3 Å². The average Bonchev–Trinajstić information content (AvgIpc) is 3.35. The van der Waals surface area contributed by atoms with E-state index in [1.54, 1.807) is 0 Å². The molecule has 0 bridgehead atoms. The van der Waals surface area contributed by atoms with Crippen LogP contribution in [-0.2, 0) is 14.3 Å². The van der Waals surface area contributed by atoms with Gasteiger partial charge in [0.25, 0.3) is 0 Å². The average molecular weight is 973 g/mol. The Bertz CT molecular complexity index is 1080. The number of aliphatic hydroxyl groups excluding tert-OH is 2. The lowest BCUT2D eigenvalue weighted by molar-refractivity contribution is -0.143. The minimum absolute atomic E-state index is 0.0197. The maximum atomic E-state index is 12.5. The van der Waals surface area contributed by atoms with E-state index in [1.165, 1.54) is 244 Å². The SMILES string of the molecule is CCCCCC/C=C\C/C=C\CCCCCCCCCC(=O)OCCCCCCCCCCCCCC(=O)NC(CO)C(O)CCCCCCCCCCCCCCCCCCCCCCCCC. The Hall–Kier alpha value is -1.66. The Labute approximate surface area is 431 Å². The highest BCUT2D eigenvalue weighted by Gasteiger charge is 2.20. The van der Waals surface area contributed by atoms with E-state index in [0.717, 1.165) is 64.2 Å². The Morgan fingerprint density at radius 1 is 0.406 bits per heavy atom.